The van der Waals surface area contributed by atoms with E-state index in [1.807, 2.05) is 30.3 Å². The maximum Gasteiger partial charge on any atom is 0.309 e. The van der Waals surface area contributed by atoms with Crippen molar-refractivity contribution < 1.29 is 19.1 Å². The van der Waals surface area contributed by atoms with E-state index in [9.17, 15) is 14.4 Å². The molecule has 1 aromatic carbocycles. The molecule has 3 rings (SSSR count). The van der Waals surface area contributed by atoms with Gasteiger partial charge in [-0.05, 0) is 38.2 Å². The number of fused-ring (bicyclic) bond motifs is 2. The Kier molecular flexibility index (Phi) is 5.51. The van der Waals surface area contributed by atoms with Crippen molar-refractivity contribution in [3.05, 3.63) is 35.9 Å². The number of rotatable bonds is 5. The summed E-state index contributed by atoms with van der Waals surface area (Å²) in [6.45, 7) is 2.00. The summed E-state index contributed by atoms with van der Waals surface area (Å²) in [6, 6.07) is 9.59. The van der Waals surface area contributed by atoms with Gasteiger partial charge >= 0.3 is 5.97 Å². The maximum atomic E-state index is 12.4. The zero-order valence-electron chi connectivity index (χ0n) is 14.6. The SMILES string of the molecule is C[C@H](OC(=O)C1C[C@H]2CCC[C@@H](C1)C2=O)C(=O)NCc1ccccc1. The molecule has 1 aromatic rings. The Hall–Kier alpha value is -2.17. The molecule has 25 heavy (non-hydrogen) atoms. The number of amides is 1. The second kappa shape index (κ2) is 7.81. The molecular formula is C20H25NO4. The van der Waals surface area contributed by atoms with Gasteiger partial charge in [-0.1, -0.05) is 36.8 Å². The topological polar surface area (TPSA) is 72.5 Å². The van der Waals surface area contributed by atoms with Gasteiger partial charge in [0.1, 0.15) is 5.78 Å². The van der Waals surface area contributed by atoms with E-state index in [4.69, 9.17) is 4.74 Å². The molecule has 0 heterocycles. The lowest BCUT2D eigenvalue weighted by atomic mass is 9.67. The minimum absolute atomic E-state index is 0.00673. The van der Waals surface area contributed by atoms with Crippen LogP contribution in [0.5, 0.6) is 0 Å². The number of ether oxygens (including phenoxy) is 1. The molecule has 5 nitrogen and oxygen atoms in total. The predicted octanol–water partition coefficient (Wildman–Crippen LogP) is 2.63. The number of benzene rings is 1. The second-order valence-electron chi connectivity index (χ2n) is 7.18. The van der Waals surface area contributed by atoms with Crippen molar-refractivity contribution >= 4 is 17.7 Å². The number of carbonyl (C=O) groups is 3. The molecule has 134 valence electrons. The smallest absolute Gasteiger partial charge is 0.309 e. The van der Waals surface area contributed by atoms with Crippen molar-refractivity contribution in [2.24, 2.45) is 17.8 Å². The second-order valence-corrected chi connectivity index (χ2v) is 7.18. The fourth-order valence-corrected chi connectivity index (χ4v) is 3.92. The Morgan fingerprint density at radius 1 is 1.16 bits per heavy atom. The van der Waals surface area contributed by atoms with Gasteiger partial charge in [-0.25, -0.2) is 0 Å². The summed E-state index contributed by atoms with van der Waals surface area (Å²) in [4.78, 5) is 36.7. The van der Waals surface area contributed by atoms with Gasteiger partial charge in [0.15, 0.2) is 6.10 Å². The summed E-state index contributed by atoms with van der Waals surface area (Å²) in [5.41, 5.74) is 0.994. The molecule has 2 aliphatic carbocycles. The van der Waals surface area contributed by atoms with Crippen LogP contribution in [0.2, 0.25) is 0 Å². The van der Waals surface area contributed by atoms with Crippen molar-refractivity contribution in [3.63, 3.8) is 0 Å². The van der Waals surface area contributed by atoms with E-state index in [2.05, 4.69) is 5.32 Å². The Labute approximate surface area is 148 Å². The number of hydrogen-bond acceptors (Lipinski definition) is 4. The van der Waals surface area contributed by atoms with E-state index in [0.717, 1.165) is 24.8 Å². The minimum atomic E-state index is -0.825. The molecule has 0 aromatic heterocycles. The number of nitrogens with one attached hydrogen (secondary N) is 1. The highest BCUT2D eigenvalue weighted by Crippen LogP contribution is 2.40. The molecule has 0 saturated heterocycles. The molecule has 0 spiro atoms. The van der Waals surface area contributed by atoms with Crippen LogP contribution >= 0.6 is 0 Å². The van der Waals surface area contributed by atoms with Gasteiger partial charge in [0.05, 0.1) is 5.92 Å². The first-order chi connectivity index (χ1) is 12.0. The minimum Gasteiger partial charge on any atom is -0.452 e. The van der Waals surface area contributed by atoms with Crippen molar-refractivity contribution in [2.45, 2.75) is 51.7 Å². The number of carbonyl (C=O) groups excluding carboxylic acids is 3. The van der Waals surface area contributed by atoms with Crippen LogP contribution < -0.4 is 5.32 Å². The maximum absolute atomic E-state index is 12.4. The van der Waals surface area contributed by atoms with Crippen molar-refractivity contribution in [1.82, 2.24) is 5.32 Å². The van der Waals surface area contributed by atoms with Gasteiger partial charge in [-0.2, -0.15) is 0 Å². The molecule has 2 fully saturated rings. The van der Waals surface area contributed by atoms with Gasteiger partial charge < -0.3 is 10.1 Å². The van der Waals surface area contributed by atoms with Gasteiger partial charge in [0, 0.05) is 18.4 Å². The van der Waals surface area contributed by atoms with Crippen LogP contribution in [0.15, 0.2) is 30.3 Å². The fraction of sp³-hybridized carbons (Fsp3) is 0.550. The van der Waals surface area contributed by atoms with Gasteiger partial charge in [-0.3, -0.25) is 14.4 Å². The van der Waals surface area contributed by atoms with Gasteiger partial charge in [0.25, 0.3) is 5.91 Å². The Morgan fingerprint density at radius 2 is 1.80 bits per heavy atom. The van der Waals surface area contributed by atoms with E-state index in [0.29, 0.717) is 25.2 Å². The number of Topliss-reactive ketones (excluding diaryl/α,β-unsaturated/α-hetero) is 1. The van der Waals surface area contributed by atoms with Crippen LogP contribution in [0.3, 0.4) is 0 Å². The lowest BCUT2D eigenvalue weighted by Gasteiger charge is -2.36. The summed E-state index contributed by atoms with van der Waals surface area (Å²) >= 11 is 0. The molecule has 4 atom stereocenters. The van der Waals surface area contributed by atoms with Crippen LogP contribution in [0.1, 0.15) is 44.6 Å². The molecule has 0 aliphatic heterocycles. The first kappa shape index (κ1) is 17.6. The molecule has 0 radical (unpaired) electrons. The van der Waals surface area contributed by atoms with Crippen LogP contribution in [-0.2, 0) is 25.7 Å². The van der Waals surface area contributed by atoms with E-state index in [-0.39, 0.29) is 29.6 Å². The van der Waals surface area contributed by atoms with Crippen molar-refractivity contribution in [3.8, 4) is 0 Å². The number of ketones is 1. The molecule has 1 N–H and O–H groups in total. The van der Waals surface area contributed by atoms with Crippen LogP contribution in [0.4, 0.5) is 0 Å². The average molecular weight is 343 g/mol. The highest BCUT2D eigenvalue weighted by molar-refractivity contribution is 5.88. The van der Waals surface area contributed by atoms with E-state index in [1.165, 1.54) is 0 Å². The van der Waals surface area contributed by atoms with Crippen LogP contribution in [0, 0.1) is 17.8 Å². The Balaban J connectivity index is 1.48. The molecular weight excluding hydrogens is 318 g/mol. The van der Waals surface area contributed by atoms with E-state index in [1.54, 1.807) is 6.92 Å². The quantitative estimate of drug-likeness (QED) is 0.834. The molecule has 5 heteroatoms. The highest BCUT2D eigenvalue weighted by Gasteiger charge is 2.42. The zero-order chi connectivity index (χ0) is 17.8. The summed E-state index contributed by atoms with van der Waals surface area (Å²) in [6.07, 6.45) is 3.16. The van der Waals surface area contributed by atoms with E-state index < -0.39 is 6.10 Å². The van der Waals surface area contributed by atoms with E-state index >= 15 is 0 Å². The summed E-state index contributed by atoms with van der Waals surface area (Å²) < 4.78 is 5.38. The molecule has 2 bridgehead atoms. The Bertz CT molecular complexity index is 626. The largest absolute Gasteiger partial charge is 0.452 e. The summed E-state index contributed by atoms with van der Waals surface area (Å²) in [7, 11) is 0. The van der Waals surface area contributed by atoms with Gasteiger partial charge in [0.2, 0.25) is 0 Å². The Morgan fingerprint density at radius 3 is 2.44 bits per heavy atom. The zero-order valence-corrected chi connectivity index (χ0v) is 14.6. The third-order valence-electron chi connectivity index (χ3n) is 5.35. The third kappa shape index (κ3) is 4.27. The number of esters is 1. The van der Waals surface area contributed by atoms with Gasteiger partial charge in [-0.15, -0.1) is 0 Å². The first-order valence-corrected chi connectivity index (χ1v) is 9.10. The molecule has 1 amide bonds. The average Bonchev–Trinajstić information content (AvgIpc) is 2.60. The summed E-state index contributed by atoms with van der Waals surface area (Å²) in [5.74, 6) is -0.558. The first-order valence-electron chi connectivity index (χ1n) is 9.10. The predicted molar refractivity (Wildman–Crippen MR) is 92.4 cm³/mol. The van der Waals surface area contributed by atoms with Crippen molar-refractivity contribution in [1.29, 1.82) is 0 Å². The molecule has 1 unspecified atom stereocenters. The standard InChI is InChI=1S/C20H25NO4/c1-13(19(23)21-12-14-6-3-2-4-7-14)25-20(24)17-10-15-8-5-9-16(11-17)18(15)22/h2-4,6-7,13,15-17H,5,8-12H2,1H3,(H,21,23)/t13-,15-,16+,17?/m0/s1. The van der Waals surface area contributed by atoms with Crippen LogP contribution in [0.25, 0.3) is 0 Å². The molecule has 2 saturated carbocycles. The highest BCUT2D eigenvalue weighted by atomic mass is 16.5. The fourth-order valence-electron chi connectivity index (χ4n) is 3.92. The molecule has 2 aliphatic rings. The monoisotopic (exact) mass is 343 g/mol. The lowest BCUT2D eigenvalue weighted by molar-refractivity contribution is -0.162. The number of hydrogen-bond donors (Lipinski definition) is 1. The normalized spacial score (nSPS) is 26.6. The summed E-state index contributed by atoms with van der Waals surface area (Å²) in [5, 5.41) is 2.78. The third-order valence-corrected chi connectivity index (χ3v) is 5.35. The van der Waals surface area contributed by atoms with Crippen LogP contribution in [-0.4, -0.2) is 23.8 Å². The lowest BCUT2D eigenvalue weighted by Crippen LogP contribution is -2.42. The van der Waals surface area contributed by atoms with Crippen molar-refractivity contribution in [2.75, 3.05) is 0 Å².